The molecule has 10 nitrogen and oxygen atoms in total. The number of hydrogen-bond acceptors (Lipinski definition) is 6. The van der Waals surface area contributed by atoms with Crippen LogP contribution in [0, 0.1) is 5.82 Å². The summed E-state index contributed by atoms with van der Waals surface area (Å²) < 4.78 is 13.4. The van der Waals surface area contributed by atoms with E-state index in [0.717, 1.165) is 6.42 Å². The quantitative estimate of drug-likeness (QED) is 0.410. The van der Waals surface area contributed by atoms with E-state index in [2.05, 4.69) is 25.7 Å². The van der Waals surface area contributed by atoms with Gasteiger partial charge in [0.2, 0.25) is 0 Å². The molecule has 1 aliphatic heterocycles. The number of rotatable bonds is 4. The molecular formula is C24H24FN7O3. The van der Waals surface area contributed by atoms with Crippen LogP contribution in [0.3, 0.4) is 0 Å². The van der Waals surface area contributed by atoms with Crippen LogP contribution < -0.4 is 21.1 Å². The Morgan fingerprint density at radius 2 is 1.89 bits per heavy atom. The number of hydrogen-bond donors (Lipinski definition) is 3. The van der Waals surface area contributed by atoms with E-state index < -0.39 is 11.5 Å². The predicted molar refractivity (Wildman–Crippen MR) is 128 cm³/mol. The molecule has 35 heavy (non-hydrogen) atoms. The standard InChI is InChI=1S/C18H19N7O3.C6H5F/c1-19-18(28)13-9-21-14-4-5-15(23-25(13)14)24-8-6-11(10-24)22-17(27)12-3-2-7-20-16(12)26;7-6-4-2-1-3-5-6/h2-5,7,9,11H,6,8,10H2,1H3,(H,19,28)(H,20,26)(H,22,27);1-5H/t11-;/m0./s1. The Morgan fingerprint density at radius 1 is 1.09 bits per heavy atom. The number of aromatic amines is 1. The van der Waals surface area contributed by atoms with Gasteiger partial charge in [0.05, 0.1) is 6.20 Å². The maximum absolute atomic E-state index is 12.3. The van der Waals surface area contributed by atoms with E-state index in [1.54, 1.807) is 37.4 Å². The first kappa shape index (κ1) is 23.6. The second kappa shape index (κ2) is 10.6. The van der Waals surface area contributed by atoms with Gasteiger partial charge in [-0.3, -0.25) is 14.4 Å². The van der Waals surface area contributed by atoms with Crippen molar-refractivity contribution in [3.8, 4) is 0 Å². The van der Waals surface area contributed by atoms with Crippen LogP contribution in [0.15, 0.2) is 71.8 Å². The summed E-state index contributed by atoms with van der Waals surface area (Å²) in [5, 5.41) is 9.99. The minimum atomic E-state index is -0.413. The number of halogens is 1. The fourth-order valence-electron chi connectivity index (χ4n) is 3.68. The fourth-order valence-corrected chi connectivity index (χ4v) is 3.68. The number of fused-ring (bicyclic) bond motifs is 1. The lowest BCUT2D eigenvalue weighted by atomic mass is 10.2. The molecule has 3 N–H and O–H groups in total. The van der Waals surface area contributed by atoms with Gasteiger partial charge in [0.25, 0.3) is 17.4 Å². The number of nitrogens with zero attached hydrogens (tertiary/aromatic N) is 4. The lowest BCUT2D eigenvalue weighted by Crippen LogP contribution is -2.39. The van der Waals surface area contributed by atoms with Crippen molar-refractivity contribution in [1.82, 2.24) is 30.2 Å². The highest BCUT2D eigenvalue weighted by atomic mass is 19.1. The molecule has 0 aliphatic carbocycles. The van der Waals surface area contributed by atoms with Gasteiger partial charge in [-0.25, -0.2) is 13.9 Å². The van der Waals surface area contributed by atoms with Crippen LogP contribution in [0.2, 0.25) is 0 Å². The summed E-state index contributed by atoms with van der Waals surface area (Å²) >= 11 is 0. The number of H-pyrrole nitrogens is 1. The smallest absolute Gasteiger partial charge is 0.271 e. The average Bonchev–Trinajstić information content (AvgIpc) is 3.51. The van der Waals surface area contributed by atoms with Crippen LogP contribution in [-0.2, 0) is 0 Å². The van der Waals surface area contributed by atoms with Crippen LogP contribution in [0.5, 0.6) is 0 Å². The van der Waals surface area contributed by atoms with Crippen LogP contribution in [0.1, 0.15) is 27.3 Å². The molecule has 3 aromatic heterocycles. The molecule has 11 heteroatoms. The van der Waals surface area contributed by atoms with Crippen molar-refractivity contribution in [3.05, 3.63) is 94.4 Å². The van der Waals surface area contributed by atoms with Gasteiger partial charge in [-0.2, -0.15) is 0 Å². The fraction of sp³-hybridized carbons (Fsp3) is 0.208. The molecular weight excluding hydrogens is 453 g/mol. The molecule has 1 aromatic carbocycles. The highest BCUT2D eigenvalue weighted by Gasteiger charge is 2.26. The monoisotopic (exact) mass is 477 g/mol. The number of amides is 2. The van der Waals surface area contributed by atoms with Crippen LogP contribution in [0.4, 0.5) is 10.2 Å². The van der Waals surface area contributed by atoms with Gasteiger partial charge in [-0.1, -0.05) is 18.2 Å². The van der Waals surface area contributed by atoms with Crippen molar-refractivity contribution in [2.24, 2.45) is 0 Å². The van der Waals surface area contributed by atoms with Gasteiger partial charge in [0, 0.05) is 32.4 Å². The Balaban J connectivity index is 0.000000356. The van der Waals surface area contributed by atoms with Gasteiger partial charge in [0.15, 0.2) is 11.3 Å². The zero-order valence-electron chi connectivity index (χ0n) is 18.9. The zero-order valence-corrected chi connectivity index (χ0v) is 18.9. The molecule has 1 atom stereocenters. The first-order valence-electron chi connectivity index (χ1n) is 11.0. The second-order valence-electron chi connectivity index (χ2n) is 7.80. The maximum Gasteiger partial charge on any atom is 0.271 e. The Kier molecular flexibility index (Phi) is 7.15. The first-order valence-corrected chi connectivity index (χ1v) is 11.0. The number of imidazole rings is 1. The number of nitrogens with one attached hydrogen (secondary N) is 3. The summed E-state index contributed by atoms with van der Waals surface area (Å²) in [6.45, 7) is 1.25. The van der Waals surface area contributed by atoms with Gasteiger partial charge < -0.3 is 20.5 Å². The normalized spacial score (nSPS) is 14.8. The minimum Gasteiger partial charge on any atom is -0.354 e. The summed E-state index contributed by atoms with van der Waals surface area (Å²) in [7, 11) is 1.55. The summed E-state index contributed by atoms with van der Waals surface area (Å²) in [6, 6.07) is 14.6. The summed E-state index contributed by atoms with van der Waals surface area (Å²) in [5.41, 5.74) is 0.611. The maximum atomic E-state index is 12.3. The van der Waals surface area contributed by atoms with E-state index >= 15 is 0 Å². The Hall–Kier alpha value is -4.54. The number of benzene rings is 1. The molecule has 2 amide bonds. The predicted octanol–water partition coefficient (Wildman–Crippen LogP) is 1.61. The third-order valence-corrected chi connectivity index (χ3v) is 5.45. The molecule has 4 aromatic rings. The van der Waals surface area contributed by atoms with Crippen LogP contribution >= 0.6 is 0 Å². The average molecular weight is 478 g/mol. The molecule has 0 bridgehead atoms. The van der Waals surface area contributed by atoms with Crippen molar-refractivity contribution >= 4 is 23.3 Å². The minimum absolute atomic E-state index is 0.0918. The van der Waals surface area contributed by atoms with Crippen molar-refractivity contribution in [1.29, 1.82) is 0 Å². The van der Waals surface area contributed by atoms with E-state index in [0.29, 0.717) is 30.2 Å². The SMILES string of the molecule is CNC(=O)c1cnc2ccc(N3CC[C@H](NC(=O)c4ccc[nH]c4=O)C3)nn12.Fc1ccccc1. The number of carbonyl (C=O) groups excluding carboxylic acids is 2. The lowest BCUT2D eigenvalue weighted by Gasteiger charge is -2.18. The van der Waals surface area contributed by atoms with Gasteiger partial charge in [0.1, 0.15) is 17.2 Å². The molecule has 180 valence electrons. The van der Waals surface area contributed by atoms with Crippen molar-refractivity contribution in [3.63, 3.8) is 0 Å². The molecule has 0 radical (unpaired) electrons. The van der Waals surface area contributed by atoms with E-state index in [4.69, 9.17) is 0 Å². The summed E-state index contributed by atoms with van der Waals surface area (Å²) in [5.74, 6) is -0.155. The molecule has 0 spiro atoms. The van der Waals surface area contributed by atoms with E-state index in [9.17, 15) is 18.8 Å². The molecule has 5 rings (SSSR count). The Morgan fingerprint density at radius 3 is 2.57 bits per heavy atom. The third-order valence-electron chi connectivity index (χ3n) is 5.45. The molecule has 0 saturated carbocycles. The lowest BCUT2D eigenvalue weighted by molar-refractivity contribution is 0.0935. The molecule has 1 aliphatic rings. The molecule has 4 heterocycles. The van der Waals surface area contributed by atoms with Crippen LogP contribution in [0.25, 0.3) is 5.65 Å². The van der Waals surface area contributed by atoms with E-state index in [1.165, 1.54) is 35.1 Å². The highest BCUT2D eigenvalue weighted by molar-refractivity contribution is 5.94. The Bertz CT molecular complexity index is 1390. The highest BCUT2D eigenvalue weighted by Crippen LogP contribution is 2.19. The number of aromatic nitrogens is 4. The topological polar surface area (TPSA) is 124 Å². The molecule has 1 fully saturated rings. The van der Waals surface area contributed by atoms with E-state index in [1.807, 2.05) is 11.0 Å². The number of pyridine rings is 1. The van der Waals surface area contributed by atoms with Crippen molar-refractivity contribution in [2.45, 2.75) is 12.5 Å². The third kappa shape index (κ3) is 5.52. The van der Waals surface area contributed by atoms with Crippen LogP contribution in [-0.4, -0.2) is 57.6 Å². The largest absolute Gasteiger partial charge is 0.354 e. The van der Waals surface area contributed by atoms with Gasteiger partial charge in [-0.15, -0.1) is 5.10 Å². The molecule has 0 unspecified atom stereocenters. The van der Waals surface area contributed by atoms with Crippen molar-refractivity contribution in [2.75, 3.05) is 25.0 Å². The summed E-state index contributed by atoms with van der Waals surface area (Å²) in [4.78, 5) is 44.7. The van der Waals surface area contributed by atoms with E-state index in [-0.39, 0.29) is 23.3 Å². The number of carbonyl (C=O) groups is 2. The van der Waals surface area contributed by atoms with Gasteiger partial charge >= 0.3 is 0 Å². The molecule has 1 saturated heterocycles. The number of anilines is 1. The summed E-state index contributed by atoms with van der Waals surface area (Å²) in [6.07, 6.45) is 3.69. The Labute approximate surface area is 199 Å². The first-order chi connectivity index (χ1) is 17.0. The van der Waals surface area contributed by atoms with Gasteiger partial charge in [-0.05, 0) is 42.8 Å². The zero-order chi connectivity index (χ0) is 24.8. The van der Waals surface area contributed by atoms with Crippen molar-refractivity contribution < 1.29 is 14.0 Å². The second-order valence-corrected chi connectivity index (χ2v) is 7.80.